The Labute approximate surface area is 140 Å². The first-order valence-electron chi connectivity index (χ1n) is 7.66. The van der Waals surface area contributed by atoms with E-state index in [0.717, 1.165) is 4.90 Å². The summed E-state index contributed by atoms with van der Waals surface area (Å²) < 4.78 is 4.73. The fraction of sp³-hybridized carbons (Fsp3) is 0.412. The maximum Gasteiger partial charge on any atom is 0.328 e. The van der Waals surface area contributed by atoms with E-state index >= 15 is 0 Å². The Hall–Kier alpha value is -2.70. The van der Waals surface area contributed by atoms with Gasteiger partial charge in [0.2, 0.25) is 0 Å². The molecule has 24 heavy (non-hydrogen) atoms. The molecule has 1 aromatic rings. The Morgan fingerprint density at radius 1 is 1.21 bits per heavy atom. The highest BCUT2D eigenvalue weighted by molar-refractivity contribution is 6.21. The number of carbonyl (C=O) groups excluding carboxylic acids is 4. The van der Waals surface area contributed by atoms with Crippen molar-refractivity contribution in [3.63, 3.8) is 0 Å². The lowest BCUT2D eigenvalue weighted by atomic mass is 9.98. The summed E-state index contributed by atoms with van der Waals surface area (Å²) in [6, 6.07) is 3.51. The van der Waals surface area contributed by atoms with E-state index in [2.05, 4.69) is 5.32 Å². The van der Waals surface area contributed by atoms with Crippen LogP contribution < -0.4 is 5.32 Å². The minimum absolute atomic E-state index is 0.106. The number of hydrogen-bond donors (Lipinski definition) is 1. The van der Waals surface area contributed by atoms with E-state index in [9.17, 15) is 19.2 Å². The summed E-state index contributed by atoms with van der Waals surface area (Å²) in [5, 5.41) is 2.64. The van der Waals surface area contributed by atoms with Gasteiger partial charge in [-0.05, 0) is 24.1 Å². The average molecular weight is 332 g/mol. The molecule has 2 atom stereocenters. The Morgan fingerprint density at radius 3 is 2.42 bits per heavy atom. The lowest BCUT2D eigenvalue weighted by Gasteiger charge is -2.21. The standard InChI is InChI=1S/C17H20N2O5/c1-5-9(2)13(17(23)24-4)18-14(20)10-6-7-11-12(8-10)16(22)19(3)15(11)21/h6-9,13H,5H2,1-4H3,(H,18,20)/t9-,13-/m0/s1. The van der Waals surface area contributed by atoms with Crippen LogP contribution >= 0.6 is 0 Å². The quantitative estimate of drug-likeness (QED) is 0.647. The zero-order valence-electron chi connectivity index (χ0n) is 14.1. The monoisotopic (exact) mass is 332 g/mol. The smallest absolute Gasteiger partial charge is 0.328 e. The third kappa shape index (κ3) is 3.02. The molecule has 1 aliphatic heterocycles. The minimum Gasteiger partial charge on any atom is -0.467 e. The maximum atomic E-state index is 12.4. The van der Waals surface area contributed by atoms with Gasteiger partial charge in [-0.2, -0.15) is 0 Å². The third-order valence-electron chi connectivity index (χ3n) is 4.31. The number of nitrogens with zero attached hydrogens (tertiary/aromatic N) is 1. The molecule has 1 heterocycles. The number of rotatable bonds is 5. The van der Waals surface area contributed by atoms with Crippen molar-refractivity contribution in [3.05, 3.63) is 34.9 Å². The molecule has 0 saturated heterocycles. The molecular weight excluding hydrogens is 312 g/mol. The van der Waals surface area contributed by atoms with Crippen LogP contribution in [0.25, 0.3) is 0 Å². The first-order valence-corrected chi connectivity index (χ1v) is 7.66. The van der Waals surface area contributed by atoms with Crippen molar-refractivity contribution in [1.82, 2.24) is 10.2 Å². The fourth-order valence-electron chi connectivity index (χ4n) is 2.52. The van der Waals surface area contributed by atoms with Crippen molar-refractivity contribution in [2.75, 3.05) is 14.2 Å². The highest BCUT2D eigenvalue weighted by atomic mass is 16.5. The molecule has 0 radical (unpaired) electrons. The number of esters is 1. The topological polar surface area (TPSA) is 92.8 Å². The highest BCUT2D eigenvalue weighted by Crippen LogP contribution is 2.23. The highest BCUT2D eigenvalue weighted by Gasteiger charge is 2.34. The predicted molar refractivity (Wildman–Crippen MR) is 85.6 cm³/mol. The zero-order chi connectivity index (χ0) is 18.0. The Morgan fingerprint density at radius 2 is 1.83 bits per heavy atom. The predicted octanol–water partition coefficient (Wildman–Crippen LogP) is 1.23. The molecule has 1 aliphatic rings. The van der Waals surface area contributed by atoms with Gasteiger partial charge in [0.05, 0.1) is 18.2 Å². The number of methoxy groups -OCH3 is 1. The van der Waals surface area contributed by atoms with Crippen LogP contribution in [-0.2, 0) is 9.53 Å². The fourth-order valence-corrected chi connectivity index (χ4v) is 2.52. The van der Waals surface area contributed by atoms with E-state index in [1.54, 1.807) is 0 Å². The van der Waals surface area contributed by atoms with Gasteiger partial charge in [0, 0.05) is 12.6 Å². The van der Waals surface area contributed by atoms with Gasteiger partial charge in [0.1, 0.15) is 6.04 Å². The van der Waals surface area contributed by atoms with Gasteiger partial charge in [-0.1, -0.05) is 20.3 Å². The van der Waals surface area contributed by atoms with Gasteiger partial charge in [-0.15, -0.1) is 0 Å². The summed E-state index contributed by atoms with van der Waals surface area (Å²) in [4.78, 5) is 49.2. The lowest BCUT2D eigenvalue weighted by Crippen LogP contribution is -2.45. The number of carbonyl (C=O) groups is 4. The second kappa shape index (κ2) is 6.82. The Kier molecular flexibility index (Phi) is 5.02. The van der Waals surface area contributed by atoms with E-state index in [0.29, 0.717) is 6.42 Å². The van der Waals surface area contributed by atoms with Crippen LogP contribution in [0.3, 0.4) is 0 Å². The van der Waals surface area contributed by atoms with Crippen molar-refractivity contribution in [1.29, 1.82) is 0 Å². The molecule has 0 unspecified atom stereocenters. The molecule has 1 aromatic carbocycles. The number of imide groups is 1. The van der Waals surface area contributed by atoms with Crippen LogP contribution in [0.4, 0.5) is 0 Å². The van der Waals surface area contributed by atoms with Crippen molar-refractivity contribution in [2.24, 2.45) is 5.92 Å². The lowest BCUT2D eigenvalue weighted by molar-refractivity contribution is -0.144. The Bertz CT molecular complexity index is 713. The van der Waals surface area contributed by atoms with E-state index in [1.165, 1.54) is 32.4 Å². The summed E-state index contributed by atoms with van der Waals surface area (Å²) in [5.74, 6) is -1.97. The minimum atomic E-state index is -0.777. The first kappa shape index (κ1) is 17.7. The summed E-state index contributed by atoms with van der Waals surface area (Å²) in [6.45, 7) is 3.74. The normalized spacial score (nSPS) is 15.8. The van der Waals surface area contributed by atoms with E-state index < -0.39 is 29.7 Å². The summed E-state index contributed by atoms with van der Waals surface area (Å²) in [5.41, 5.74) is 0.668. The van der Waals surface area contributed by atoms with Gasteiger partial charge in [-0.25, -0.2) is 4.79 Å². The van der Waals surface area contributed by atoms with Gasteiger partial charge in [-0.3, -0.25) is 19.3 Å². The molecule has 1 N–H and O–H groups in total. The van der Waals surface area contributed by atoms with Crippen LogP contribution in [0.1, 0.15) is 51.3 Å². The van der Waals surface area contributed by atoms with Gasteiger partial charge >= 0.3 is 5.97 Å². The van der Waals surface area contributed by atoms with Gasteiger partial charge < -0.3 is 10.1 Å². The second-order valence-electron chi connectivity index (χ2n) is 5.79. The molecular formula is C17H20N2O5. The number of nitrogens with one attached hydrogen (secondary N) is 1. The Balaban J connectivity index is 2.26. The van der Waals surface area contributed by atoms with Crippen LogP contribution in [-0.4, -0.2) is 48.8 Å². The molecule has 0 spiro atoms. The molecule has 3 amide bonds. The van der Waals surface area contributed by atoms with Crippen molar-refractivity contribution in [2.45, 2.75) is 26.3 Å². The summed E-state index contributed by atoms with van der Waals surface area (Å²) in [7, 11) is 2.65. The largest absolute Gasteiger partial charge is 0.467 e. The van der Waals surface area contributed by atoms with Crippen molar-refractivity contribution < 1.29 is 23.9 Å². The number of ether oxygens (including phenoxy) is 1. The average Bonchev–Trinajstić information content (AvgIpc) is 2.82. The SMILES string of the molecule is CC[C@H](C)[C@H](NC(=O)c1ccc2c(c1)C(=O)N(C)C2=O)C(=O)OC. The maximum absolute atomic E-state index is 12.4. The molecule has 7 heteroatoms. The van der Waals surface area contributed by atoms with Crippen LogP contribution in [0.15, 0.2) is 18.2 Å². The summed E-state index contributed by atoms with van der Waals surface area (Å²) >= 11 is 0. The number of amides is 3. The first-order chi connectivity index (χ1) is 11.3. The van der Waals surface area contributed by atoms with E-state index in [-0.39, 0.29) is 22.6 Å². The number of benzene rings is 1. The molecule has 0 fully saturated rings. The van der Waals surface area contributed by atoms with Crippen molar-refractivity contribution in [3.8, 4) is 0 Å². The van der Waals surface area contributed by atoms with Gasteiger partial charge in [0.15, 0.2) is 0 Å². The van der Waals surface area contributed by atoms with Crippen LogP contribution in [0.2, 0.25) is 0 Å². The molecule has 0 aliphatic carbocycles. The van der Waals surface area contributed by atoms with Gasteiger partial charge in [0.25, 0.3) is 17.7 Å². The van der Waals surface area contributed by atoms with E-state index in [4.69, 9.17) is 4.74 Å². The molecule has 0 aromatic heterocycles. The molecule has 2 rings (SSSR count). The number of fused-ring (bicyclic) bond motifs is 1. The molecule has 0 bridgehead atoms. The number of hydrogen-bond acceptors (Lipinski definition) is 5. The molecule has 7 nitrogen and oxygen atoms in total. The zero-order valence-corrected chi connectivity index (χ0v) is 14.1. The molecule has 128 valence electrons. The molecule has 0 saturated carbocycles. The van der Waals surface area contributed by atoms with E-state index in [1.807, 2.05) is 13.8 Å². The summed E-state index contributed by atoms with van der Waals surface area (Å²) in [6.07, 6.45) is 0.683. The van der Waals surface area contributed by atoms with Crippen molar-refractivity contribution >= 4 is 23.7 Å². The van der Waals surface area contributed by atoms with Crippen LogP contribution in [0.5, 0.6) is 0 Å². The third-order valence-corrected chi connectivity index (χ3v) is 4.31. The van der Waals surface area contributed by atoms with Crippen LogP contribution in [0, 0.1) is 5.92 Å². The second-order valence-corrected chi connectivity index (χ2v) is 5.79.